The van der Waals surface area contributed by atoms with Gasteiger partial charge in [0.1, 0.15) is 0 Å². The zero-order valence-electron chi connectivity index (χ0n) is 22.2. The summed E-state index contributed by atoms with van der Waals surface area (Å²) in [6.07, 6.45) is 14.1. The average Bonchev–Trinajstić information content (AvgIpc) is 2.94. The maximum Gasteiger partial charge on any atom is 0.201 e. The number of hydrogen-bond acceptors (Lipinski definition) is 1. The van der Waals surface area contributed by atoms with E-state index in [0.29, 0.717) is 12.2 Å². The van der Waals surface area contributed by atoms with Crippen LogP contribution in [0.25, 0.3) is 22.3 Å². The summed E-state index contributed by atoms with van der Waals surface area (Å²) < 4.78 is 34.6. The van der Waals surface area contributed by atoms with Crippen LogP contribution in [0, 0.1) is 23.5 Å². The molecule has 3 heteroatoms. The van der Waals surface area contributed by atoms with Crippen LogP contribution < -0.4 is 4.74 Å². The minimum Gasteiger partial charge on any atom is -0.490 e. The lowest BCUT2D eigenvalue weighted by molar-refractivity contribution is 0.254. The van der Waals surface area contributed by atoms with Crippen molar-refractivity contribution in [1.82, 2.24) is 0 Å². The lowest BCUT2D eigenvalue weighted by atomic mass is 9.78. The van der Waals surface area contributed by atoms with Gasteiger partial charge in [-0.25, -0.2) is 4.39 Å². The van der Waals surface area contributed by atoms with Crippen molar-refractivity contribution in [3.63, 3.8) is 0 Å². The Labute approximate surface area is 221 Å². The fourth-order valence-electron chi connectivity index (χ4n) is 5.43. The molecule has 0 bridgehead atoms. The average molecular weight is 503 g/mol. The Bertz CT molecular complexity index is 1130. The molecule has 0 heterocycles. The third-order valence-corrected chi connectivity index (χ3v) is 7.87. The molecule has 0 unspecified atom stereocenters. The Morgan fingerprint density at radius 3 is 2.00 bits per heavy atom. The first kappa shape index (κ1) is 27.1. The summed E-state index contributed by atoms with van der Waals surface area (Å²) >= 11 is 0. The quantitative estimate of drug-likeness (QED) is 0.177. The molecule has 1 fully saturated rings. The van der Waals surface area contributed by atoms with E-state index in [4.69, 9.17) is 4.74 Å². The van der Waals surface area contributed by atoms with E-state index < -0.39 is 11.6 Å². The Balaban J connectivity index is 1.32. The Morgan fingerprint density at radius 1 is 0.784 bits per heavy atom. The Kier molecular flexibility index (Phi) is 9.93. The maximum absolute atomic E-state index is 14.7. The minimum atomic E-state index is -0.922. The third kappa shape index (κ3) is 7.31. The molecule has 0 N–H and O–H groups in total. The first-order valence-electron chi connectivity index (χ1n) is 14.0. The van der Waals surface area contributed by atoms with Crippen LogP contribution in [0.1, 0.15) is 70.3 Å². The topological polar surface area (TPSA) is 9.23 Å². The first-order valence-corrected chi connectivity index (χ1v) is 14.0. The van der Waals surface area contributed by atoms with Crippen LogP contribution in [0.2, 0.25) is 0 Å². The first-order chi connectivity index (χ1) is 18.1. The van der Waals surface area contributed by atoms with E-state index >= 15 is 0 Å². The molecule has 0 saturated heterocycles. The molecule has 0 aromatic heterocycles. The van der Waals surface area contributed by atoms with Gasteiger partial charge in [0.25, 0.3) is 0 Å². The highest BCUT2D eigenvalue weighted by atomic mass is 19.2. The smallest absolute Gasteiger partial charge is 0.201 e. The highest BCUT2D eigenvalue weighted by Crippen LogP contribution is 2.35. The van der Waals surface area contributed by atoms with Gasteiger partial charge in [-0.2, -0.15) is 4.39 Å². The van der Waals surface area contributed by atoms with Gasteiger partial charge in [0.05, 0.1) is 6.61 Å². The molecule has 1 aliphatic rings. The second-order valence-corrected chi connectivity index (χ2v) is 10.5. The van der Waals surface area contributed by atoms with Gasteiger partial charge < -0.3 is 4.74 Å². The molecule has 0 amide bonds. The molecule has 0 spiro atoms. The second kappa shape index (κ2) is 13.6. The standard InChI is InChI=1S/C34H40F2O/c1-3-5-7-25-8-10-26(11-9-25)12-13-27-14-16-28(17-15-27)29-18-20-30(21-19-29)31-22-23-32(34(36)33(31)35)37-24-6-4-2/h3,14-23,25-26H,1,4-13,24H2,2H3. The maximum atomic E-state index is 14.7. The van der Waals surface area contributed by atoms with E-state index in [9.17, 15) is 8.78 Å². The summed E-state index contributed by atoms with van der Waals surface area (Å²) in [7, 11) is 0. The van der Waals surface area contributed by atoms with Gasteiger partial charge in [0.2, 0.25) is 5.82 Å². The van der Waals surface area contributed by atoms with Gasteiger partial charge in [-0.1, -0.05) is 93.6 Å². The van der Waals surface area contributed by atoms with E-state index in [-0.39, 0.29) is 11.3 Å². The number of unbranched alkanes of at least 4 members (excludes halogenated alkanes) is 1. The fourth-order valence-corrected chi connectivity index (χ4v) is 5.43. The lowest BCUT2D eigenvalue weighted by Crippen LogP contribution is -2.15. The predicted octanol–water partition coefficient (Wildman–Crippen LogP) is 10.2. The summed E-state index contributed by atoms with van der Waals surface area (Å²) in [5, 5.41) is 0. The fraction of sp³-hybridized carbons (Fsp3) is 0.412. The second-order valence-electron chi connectivity index (χ2n) is 10.5. The van der Waals surface area contributed by atoms with Crippen LogP contribution in [-0.2, 0) is 6.42 Å². The van der Waals surface area contributed by atoms with Crippen molar-refractivity contribution in [2.45, 2.75) is 71.1 Å². The number of allylic oxidation sites excluding steroid dienone is 1. The highest BCUT2D eigenvalue weighted by Gasteiger charge is 2.20. The number of aryl methyl sites for hydroxylation is 1. The Hall–Kier alpha value is -2.94. The number of ether oxygens (including phenoxy) is 1. The van der Waals surface area contributed by atoms with Crippen LogP contribution in [0.5, 0.6) is 5.75 Å². The highest BCUT2D eigenvalue weighted by molar-refractivity contribution is 5.71. The molecule has 196 valence electrons. The number of rotatable bonds is 12. The summed E-state index contributed by atoms with van der Waals surface area (Å²) in [6.45, 7) is 6.27. The number of hydrogen-bond donors (Lipinski definition) is 0. The molecular weight excluding hydrogens is 462 g/mol. The summed E-state index contributed by atoms with van der Waals surface area (Å²) in [4.78, 5) is 0. The molecule has 1 saturated carbocycles. The predicted molar refractivity (Wildman–Crippen MR) is 151 cm³/mol. The molecule has 1 nitrogen and oxygen atoms in total. The van der Waals surface area contributed by atoms with Gasteiger partial charge in [-0.05, 0) is 78.3 Å². The molecule has 37 heavy (non-hydrogen) atoms. The van der Waals surface area contributed by atoms with E-state index in [1.165, 1.54) is 50.2 Å². The Morgan fingerprint density at radius 2 is 1.38 bits per heavy atom. The molecule has 4 rings (SSSR count). The van der Waals surface area contributed by atoms with Gasteiger partial charge in [0.15, 0.2) is 11.6 Å². The third-order valence-electron chi connectivity index (χ3n) is 7.87. The van der Waals surface area contributed by atoms with Crippen LogP contribution in [-0.4, -0.2) is 6.61 Å². The number of benzene rings is 3. The van der Waals surface area contributed by atoms with Crippen molar-refractivity contribution in [3.8, 4) is 28.0 Å². The van der Waals surface area contributed by atoms with E-state index in [2.05, 4.69) is 36.9 Å². The molecular formula is C34H40F2O. The van der Waals surface area contributed by atoms with E-state index in [1.807, 2.05) is 31.2 Å². The van der Waals surface area contributed by atoms with Crippen molar-refractivity contribution in [1.29, 1.82) is 0 Å². The molecule has 0 atom stereocenters. The van der Waals surface area contributed by atoms with E-state index in [0.717, 1.165) is 48.6 Å². The minimum absolute atomic E-state index is 0.0254. The van der Waals surface area contributed by atoms with Gasteiger partial charge >= 0.3 is 0 Å². The van der Waals surface area contributed by atoms with Gasteiger partial charge in [0, 0.05) is 5.56 Å². The summed E-state index contributed by atoms with van der Waals surface area (Å²) in [5.41, 5.74) is 4.47. The van der Waals surface area contributed by atoms with E-state index in [1.54, 1.807) is 6.07 Å². The SMILES string of the molecule is C=CCCC1CCC(CCc2ccc(-c3ccc(-c4ccc(OCCCC)c(F)c4F)cc3)cc2)CC1. The molecule has 1 aliphatic carbocycles. The summed E-state index contributed by atoms with van der Waals surface area (Å²) in [5.74, 6) is -0.0539. The van der Waals surface area contributed by atoms with Crippen LogP contribution in [0.15, 0.2) is 73.3 Å². The van der Waals surface area contributed by atoms with Crippen LogP contribution in [0.3, 0.4) is 0 Å². The molecule has 3 aromatic rings. The van der Waals surface area contributed by atoms with Crippen molar-refractivity contribution in [2.24, 2.45) is 11.8 Å². The van der Waals surface area contributed by atoms with Crippen molar-refractivity contribution >= 4 is 0 Å². The van der Waals surface area contributed by atoms with Crippen LogP contribution >= 0.6 is 0 Å². The number of halogens is 2. The summed E-state index contributed by atoms with van der Waals surface area (Å²) in [6, 6.07) is 19.5. The zero-order chi connectivity index (χ0) is 26.0. The van der Waals surface area contributed by atoms with Crippen molar-refractivity contribution in [3.05, 3.63) is 90.5 Å². The molecule has 3 aromatic carbocycles. The van der Waals surface area contributed by atoms with Crippen LogP contribution in [0.4, 0.5) is 8.78 Å². The lowest BCUT2D eigenvalue weighted by Gasteiger charge is -2.28. The monoisotopic (exact) mass is 502 g/mol. The molecule has 0 radical (unpaired) electrons. The van der Waals surface area contributed by atoms with Gasteiger partial charge in [-0.15, -0.1) is 6.58 Å². The largest absolute Gasteiger partial charge is 0.490 e. The van der Waals surface area contributed by atoms with Gasteiger partial charge in [-0.3, -0.25) is 0 Å². The molecule has 0 aliphatic heterocycles. The normalized spacial score (nSPS) is 17.5. The van der Waals surface area contributed by atoms with Crippen molar-refractivity contribution in [2.75, 3.05) is 6.61 Å². The zero-order valence-corrected chi connectivity index (χ0v) is 22.2. The van der Waals surface area contributed by atoms with Crippen molar-refractivity contribution < 1.29 is 13.5 Å².